The molecule has 0 aliphatic carbocycles. The van der Waals surface area contributed by atoms with Crippen molar-refractivity contribution >= 4 is 29.1 Å². The molecule has 0 bridgehead atoms. The summed E-state index contributed by atoms with van der Waals surface area (Å²) in [6, 6.07) is 17.6. The first-order chi connectivity index (χ1) is 12.1. The number of alkyl halides is 2. The minimum atomic E-state index is -1.56. The molecule has 1 amide bonds. The van der Waals surface area contributed by atoms with Crippen LogP contribution in [0.2, 0.25) is 0 Å². The van der Waals surface area contributed by atoms with Crippen molar-refractivity contribution in [2.75, 3.05) is 13.7 Å². The summed E-state index contributed by atoms with van der Waals surface area (Å²) in [6.07, 6.45) is 2.72. The molecular weight excluding hydrogens is 357 g/mol. The van der Waals surface area contributed by atoms with Crippen molar-refractivity contribution < 1.29 is 9.53 Å². The lowest BCUT2D eigenvalue weighted by Gasteiger charge is -2.37. The molecule has 0 radical (unpaired) electrons. The van der Waals surface area contributed by atoms with Gasteiger partial charge in [0.25, 0.3) is 5.91 Å². The third kappa shape index (κ3) is 3.69. The zero-order chi connectivity index (χ0) is 17.9. The summed E-state index contributed by atoms with van der Waals surface area (Å²) in [5.41, 5.74) is 2.43. The highest BCUT2D eigenvalue weighted by molar-refractivity contribution is 6.34. The number of halogens is 2. The van der Waals surface area contributed by atoms with Crippen molar-refractivity contribution in [2.24, 2.45) is 0 Å². The molecule has 2 aromatic carbocycles. The Bertz CT molecular complexity index is 720. The van der Waals surface area contributed by atoms with Crippen LogP contribution in [0, 0.1) is 0 Å². The molecule has 1 aliphatic heterocycles. The van der Waals surface area contributed by atoms with Gasteiger partial charge >= 0.3 is 0 Å². The first-order valence-corrected chi connectivity index (χ1v) is 9.23. The molecule has 2 aromatic rings. The van der Waals surface area contributed by atoms with Gasteiger partial charge in [0, 0.05) is 19.2 Å². The molecule has 132 valence electrons. The van der Waals surface area contributed by atoms with E-state index in [1.165, 1.54) is 7.11 Å². The van der Waals surface area contributed by atoms with Gasteiger partial charge in [0.2, 0.25) is 5.06 Å². The van der Waals surface area contributed by atoms with E-state index in [-0.39, 0.29) is 11.4 Å². The maximum Gasteiger partial charge on any atom is 0.276 e. The molecule has 0 spiro atoms. The summed E-state index contributed by atoms with van der Waals surface area (Å²) >= 11 is 12.9. The Balaban J connectivity index is 1.87. The predicted molar refractivity (Wildman–Crippen MR) is 102 cm³/mol. The Morgan fingerprint density at radius 1 is 1.08 bits per heavy atom. The lowest BCUT2D eigenvalue weighted by atomic mass is 10.00. The molecule has 2 atom stereocenters. The SMILES string of the molecule is COC(Cl)(C(=O)N1CCCCC1Cl)c1ccc(-c2ccccc2)cc1. The van der Waals surface area contributed by atoms with Gasteiger partial charge in [0.05, 0.1) is 0 Å². The third-order valence-electron chi connectivity index (χ3n) is 4.61. The Morgan fingerprint density at radius 3 is 2.32 bits per heavy atom. The van der Waals surface area contributed by atoms with E-state index in [0.29, 0.717) is 12.1 Å². The maximum absolute atomic E-state index is 13.0. The number of likely N-dealkylation sites (tertiary alicyclic amines) is 1. The van der Waals surface area contributed by atoms with E-state index in [1.807, 2.05) is 54.6 Å². The number of ether oxygens (including phenoxy) is 1. The summed E-state index contributed by atoms with van der Waals surface area (Å²) in [7, 11) is 1.45. The smallest absolute Gasteiger partial charge is 0.276 e. The van der Waals surface area contributed by atoms with Crippen LogP contribution in [0.1, 0.15) is 24.8 Å². The minimum Gasteiger partial charge on any atom is -0.351 e. The van der Waals surface area contributed by atoms with Crippen molar-refractivity contribution in [3.05, 3.63) is 60.2 Å². The highest BCUT2D eigenvalue weighted by Gasteiger charge is 2.43. The summed E-state index contributed by atoms with van der Waals surface area (Å²) in [5, 5.41) is -1.56. The van der Waals surface area contributed by atoms with Crippen LogP contribution in [0.3, 0.4) is 0 Å². The molecule has 1 heterocycles. The van der Waals surface area contributed by atoms with Crippen LogP contribution in [0.15, 0.2) is 54.6 Å². The van der Waals surface area contributed by atoms with Gasteiger partial charge in [-0.05, 0) is 30.4 Å². The fourth-order valence-electron chi connectivity index (χ4n) is 3.14. The number of hydrogen-bond acceptors (Lipinski definition) is 2. The van der Waals surface area contributed by atoms with E-state index in [4.69, 9.17) is 27.9 Å². The van der Waals surface area contributed by atoms with Crippen molar-refractivity contribution in [1.82, 2.24) is 4.90 Å². The van der Waals surface area contributed by atoms with Crippen molar-refractivity contribution in [3.8, 4) is 11.1 Å². The zero-order valence-corrected chi connectivity index (χ0v) is 15.6. The van der Waals surface area contributed by atoms with Crippen molar-refractivity contribution in [2.45, 2.75) is 29.8 Å². The van der Waals surface area contributed by atoms with Crippen LogP contribution in [0.4, 0.5) is 0 Å². The predicted octanol–water partition coefficient (Wildman–Crippen LogP) is 4.97. The second-order valence-electron chi connectivity index (χ2n) is 6.17. The van der Waals surface area contributed by atoms with Crippen LogP contribution in [0.25, 0.3) is 11.1 Å². The lowest BCUT2D eigenvalue weighted by Crippen LogP contribution is -2.49. The summed E-state index contributed by atoms with van der Waals surface area (Å²) < 4.78 is 5.45. The monoisotopic (exact) mass is 377 g/mol. The number of hydrogen-bond donors (Lipinski definition) is 0. The third-order valence-corrected chi connectivity index (χ3v) is 5.60. The molecule has 0 N–H and O–H groups in total. The molecular formula is C20H21Cl2NO2. The van der Waals surface area contributed by atoms with Crippen LogP contribution < -0.4 is 0 Å². The fraction of sp³-hybridized carbons (Fsp3) is 0.350. The lowest BCUT2D eigenvalue weighted by molar-refractivity contribution is -0.148. The average molecular weight is 378 g/mol. The summed E-state index contributed by atoms with van der Waals surface area (Å²) in [5.74, 6) is -0.302. The van der Waals surface area contributed by atoms with Gasteiger partial charge in [-0.3, -0.25) is 4.79 Å². The Kier molecular flexibility index (Phi) is 5.67. The van der Waals surface area contributed by atoms with Gasteiger partial charge in [0.1, 0.15) is 5.50 Å². The first kappa shape index (κ1) is 18.2. The standard InChI is InChI=1S/C20H21Cl2NO2/c1-25-20(22,19(24)23-14-6-5-9-18(23)21)17-12-10-16(11-13-17)15-7-3-2-4-8-15/h2-4,7-8,10-13,18H,5-6,9,14H2,1H3. The normalized spacial score (nSPS) is 20.1. The molecule has 3 nitrogen and oxygen atoms in total. The molecule has 3 rings (SSSR count). The average Bonchev–Trinajstić information content (AvgIpc) is 2.68. The molecule has 0 aromatic heterocycles. The van der Waals surface area contributed by atoms with Gasteiger partial charge in [-0.15, -0.1) is 0 Å². The number of nitrogens with zero attached hydrogens (tertiary/aromatic N) is 1. The van der Waals surface area contributed by atoms with Gasteiger partial charge < -0.3 is 9.64 Å². The van der Waals surface area contributed by atoms with E-state index in [2.05, 4.69) is 0 Å². The molecule has 25 heavy (non-hydrogen) atoms. The van der Waals surface area contributed by atoms with Gasteiger partial charge in [-0.25, -0.2) is 0 Å². The van der Waals surface area contributed by atoms with E-state index in [0.717, 1.165) is 30.4 Å². The molecule has 5 heteroatoms. The highest BCUT2D eigenvalue weighted by Crippen LogP contribution is 2.36. The Labute approximate surface area is 158 Å². The Morgan fingerprint density at radius 2 is 1.72 bits per heavy atom. The molecule has 1 saturated heterocycles. The number of amides is 1. The second kappa shape index (κ2) is 7.77. The van der Waals surface area contributed by atoms with Crippen LogP contribution >= 0.6 is 23.2 Å². The van der Waals surface area contributed by atoms with E-state index in [1.54, 1.807) is 4.90 Å². The number of rotatable bonds is 4. The maximum atomic E-state index is 13.0. The quantitative estimate of drug-likeness (QED) is 0.555. The molecule has 2 unspecified atom stereocenters. The van der Waals surface area contributed by atoms with Crippen LogP contribution in [-0.4, -0.2) is 30.0 Å². The second-order valence-corrected chi connectivity index (χ2v) is 7.21. The molecule has 1 aliphatic rings. The van der Waals surface area contributed by atoms with Gasteiger partial charge in [0.15, 0.2) is 0 Å². The number of benzene rings is 2. The zero-order valence-electron chi connectivity index (χ0n) is 14.1. The van der Waals surface area contributed by atoms with Crippen molar-refractivity contribution in [3.63, 3.8) is 0 Å². The molecule has 0 saturated carbocycles. The van der Waals surface area contributed by atoms with Crippen LogP contribution in [0.5, 0.6) is 0 Å². The number of piperidine rings is 1. The summed E-state index contributed by atoms with van der Waals surface area (Å²) in [4.78, 5) is 14.6. The Hall–Kier alpha value is -1.55. The molecule has 1 fully saturated rings. The van der Waals surface area contributed by atoms with E-state index in [9.17, 15) is 4.79 Å². The van der Waals surface area contributed by atoms with Crippen molar-refractivity contribution in [1.29, 1.82) is 0 Å². The number of carbonyl (C=O) groups excluding carboxylic acids is 1. The topological polar surface area (TPSA) is 29.5 Å². The first-order valence-electron chi connectivity index (χ1n) is 8.41. The van der Waals surface area contributed by atoms with E-state index >= 15 is 0 Å². The van der Waals surface area contributed by atoms with Crippen LogP contribution in [-0.2, 0) is 14.6 Å². The number of carbonyl (C=O) groups is 1. The largest absolute Gasteiger partial charge is 0.351 e. The summed E-state index contributed by atoms with van der Waals surface area (Å²) in [6.45, 7) is 0.604. The van der Waals surface area contributed by atoms with Gasteiger partial charge in [-0.1, -0.05) is 77.8 Å². The van der Waals surface area contributed by atoms with Gasteiger partial charge in [-0.2, -0.15) is 0 Å². The minimum absolute atomic E-state index is 0.302. The highest BCUT2D eigenvalue weighted by atomic mass is 35.5. The number of methoxy groups -OCH3 is 1. The fourth-order valence-corrected chi connectivity index (χ4v) is 3.72. The van der Waals surface area contributed by atoms with E-state index < -0.39 is 5.06 Å².